The monoisotopic (exact) mass is 566 g/mol. The number of amides is 1. The molecule has 2 aromatic carbocycles. The van der Waals surface area contributed by atoms with E-state index in [1.807, 2.05) is 0 Å². The van der Waals surface area contributed by atoms with Crippen LogP contribution in [0, 0.1) is 17.7 Å². The number of esters is 1. The first kappa shape index (κ1) is 28.7. The molecular weight excluding hydrogens is 539 g/mol. The first-order valence-electron chi connectivity index (χ1n) is 12.3. The molecule has 2 aliphatic rings. The minimum Gasteiger partial charge on any atom is -0.506 e. The number of benzene rings is 2. The number of aliphatic hydroxyl groups is 2. The number of thioether (sulfide) groups is 1. The molecule has 1 amide bonds. The SMILES string of the molecule is COC(=O)C1=C(O)/C(=C/c2ccccc2OCC#CC2(O)CCN(C(=O)OC)CC2)SC1=Nc1ccccc1F. The highest BCUT2D eigenvalue weighted by atomic mass is 32.2. The molecule has 11 heteroatoms. The van der Waals surface area contributed by atoms with Crippen molar-refractivity contribution in [1.82, 2.24) is 4.90 Å². The van der Waals surface area contributed by atoms with Crippen molar-refractivity contribution in [1.29, 1.82) is 0 Å². The highest BCUT2D eigenvalue weighted by Crippen LogP contribution is 2.41. The smallest absolute Gasteiger partial charge is 0.409 e. The molecular formula is C29H27FN2O7S. The van der Waals surface area contributed by atoms with Gasteiger partial charge in [0.05, 0.1) is 19.1 Å². The van der Waals surface area contributed by atoms with Crippen LogP contribution >= 0.6 is 11.8 Å². The fourth-order valence-electron chi connectivity index (χ4n) is 4.04. The number of rotatable bonds is 5. The van der Waals surface area contributed by atoms with Gasteiger partial charge >= 0.3 is 12.1 Å². The summed E-state index contributed by atoms with van der Waals surface area (Å²) in [6, 6.07) is 12.9. The number of para-hydroxylation sites is 2. The molecule has 2 N–H and O–H groups in total. The number of piperidine rings is 1. The second-order valence-corrected chi connectivity index (χ2v) is 9.84. The molecule has 0 radical (unpaired) electrons. The Hall–Kier alpha value is -4.27. The third-order valence-corrected chi connectivity index (χ3v) is 7.22. The predicted molar refractivity (Wildman–Crippen MR) is 149 cm³/mol. The van der Waals surface area contributed by atoms with Crippen LogP contribution < -0.4 is 4.74 Å². The first-order chi connectivity index (χ1) is 19.2. The maximum absolute atomic E-state index is 14.2. The van der Waals surface area contributed by atoms with E-state index in [-0.39, 0.29) is 28.7 Å². The van der Waals surface area contributed by atoms with Gasteiger partial charge in [-0.1, -0.05) is 53.9 Å². The van der Waals surface area contributed by atoms with Crippen LogP contribution in [0.3, 0.4) is 0 Å². The summed E-state index contributed by atoms with van der Waals surface area (Å²) in [6.07, 6.45) is 1.76. The van der Waals surface area contributed by atoms with Crippen LogP contribution in [0.1, 0.15) is 18.4 Å². The van der Waals surface area contributed by atoms with Crippen molar-refractivity contribution >= 4 is 40.6 Å². The number of ether oxygens (including phenoxy) is 3. The minimum absolute atomic E-state index is 0.0142. The lowest BCUT2D eigenvalue weighted by molar-refractivity contribution is -0.135. The number of likely N-dealkylation sites (tertiary alicyclic amines) is 1. The van der Waals surface area contributed by atoms with Gasteiger partial charge in [0.1, 0.15) is 45.8 Å². The Morgan fingerprint density at radius 2 is 1.82 bits per heavy atom. The normalized spacial score (nSPS) is 18.4. The molecule has 2 heterocycles. The van der Waals surface area contributed by atoms with E-state index >= 15 is 0 Å². The fourth-order valence-corrected chi connectivity index (χ4v) is 5.06. The summed E-state index contributed by atoms with van der Waals surface area (Å²) in [5, 5.41) is 21.7. The van der Waals surface area contributed by atoms with E-state index < -0.39 is 23.5 Å². The summed E-state index contributed by atoms with van der Waals surface area (Å²) in [5.74, 6) is 4.41. The Bertz CT molecular complexity index is 1450. The standard InChI is InChI=1S/C29H27FN2O7S/c1-37-27(34)24-25(33)23(40-26(24)31-21-10-5-4-9-20(21)30)18-19-8-3-6-11-22(19)39-17-7-12-29(36)13-15-32(16-14-29)28(35)38-2/h3-6,8-11,18,33,36H,13-17H2,1-2H3/b23-18-,31-26?. The average molecular weight is 567 g/mol. The second kappa shape index (κ2) is 12.7. The Morgan fingerprint density at radius 3 is 2.52 bits per heavy atom. The number of carbonyl (C=O) groups is 2. The molecule has 208 valence electrons. The molecule has 4 rings (SSSR count). The van der Waals surface area contributed by atoms with Crippen LogP contribution in [0.5, 0.6) is 5.75 Å². The maximum Gasteiger partial charge on any atom is 0.409 e. The number of methoxy groups -OCH3 is 2. The molecule has 2 aliphatic heterocycles. The Balaban J connectivity index is 1.51. The number of halogens is 1. The van der Waals surface area contributed by atoms with Gasteiger partial charge in [0.2, 0.25) is 0 Å². The van der Waals surface area contributed by atoms with E-state index in [0.717, 1.165) is 11.8 Å². The number of hydrogen-bond donors (Lipinski definition) is 2. The fraction of sp³-hybridized carbons (Fsp3) is 0.276. The van der Waals surface area contributed by atoms with Gasteiger partial charge < -0.3 is 29.3 Å². The Labute approximate surface area is 234 Å². The summed E-state index contributed by atoms with van der Waals surface area (Å²) in [5.41, 5.74) is -0.803. The second-order valence-electron chi connectivity index (χ2n) is 8.81. The molecule has 0 aromatic heterocycles. The minimum atomic E-state index is -1.23. The molecule has 1 fully saturated rings. The van der Waals surface area contributed by atoms with Gasteiger partial charge in [-0.25, -0.2) is 19.0 Å². The van der Waals surface area contributed by atoms with E-state index in [2.05, 4.69) is 16.8 Å². The maximum atomic E-state index is 14.2. The van der Waals surface area contributed by atoms with Gasteiger partial charge in [-0.3, -0.25) is 0 Å². The van der Waals surface area contributed by atoms with Crippen molar-refractivity contribution in [3.05, 3.63) is 76.1 Å². The van der Waals surface area contributed by atoms with Gasteiger partial charge in [-0.05, 0) is 24.3 Å². The predicted octanol–water partition coefficient (Wildman–Crippen LogP) is 4.60. The van der Waals surface area contributed by atoms with Crippen LogP contribution in [-0.4, -0.2) is 71.7 Å². The summed E-state index contributed by atoms with van der Waals surface area (Å²) < 4.78 is 29.6. The van der Waals surface area contributed by atoms with Gasteiger partial charge in [0, 0.05) is 31.5 Å². The van der Waals surface area contributed by atoms with Gasteiger partial charge in [0.25, 0.3) is 0 Å². The highest BCUT2D eigenvalue weighted by molar-refractivity contribution is 8.18. The molecule has 0 atom stereocenters. The molecule has 0 bridgehead atoms. The number of aliphatic imine (C=N–C) groups is 1. The van der Waals surface area contributed by atoms with Crippen LogP contribution in [0.25, 0.3) is 6.08 Å². The summed E-state index contributed by atoms with van der Waals surface area (Å²) in [4.78, 5) is 30.1. The zero-order valence-corrected chi connectivity index (χ0v) is 22.7. The lowest BCUT2D eigenvalue weighted by atomic mass is 9.92. The van der Waals surface area contributed by atoms with E-state index in [4.69, 9.17) is 14.2 Å². The zero-order valence-electron chi connectivity index (χ0n) is 21.8. The van der Waals surface area contributed by atoms with E-state index in [1.54, 1.807) is 36.4 Å². The van der Waals surface area contributed by atoms with E-state index in [9.17, 15) is 24.2 Å². The van der Waals surface area contributed by atoms with Gasteiger partial charge in [0.15, 0.2) is 0 Å². The molecule has 40 heavy (non-hydrogen) atoms. The number of hydrogen-bond acceptors (Lipinski definition) is 9. The van der Waals surface area contributed by atoms with Crippen molar-refractivity contribution in [2.24, 2.45) is 4.99 Å². The largest absolute Gasteiger partial charge is 0.506 e. The van der Waals surface area contributed by atoms with Crippen LogP contribution in [0.15, 0.2) is 69.8 Å². The zero-order chi connectivity index (χ0) is 28.7. The molecule has 0 saturated carbocycles. The number of nitrogens with zero attached hydrogens (tertiary/aromatic N) is 2. The first-order valence-corrected chi connectivity index (χ1v) is 13.1. The van der Waals surface area contributed by atoms with E-state index in [1.165, 1.54) is 37.3 Å². The lowest BCUT2D eigenvalue weighted by Gasteiger charge is -2.34. The highest BCUT2D eigenvalue weighted by Gasteiger charge is 2.34. The molecule has 9 nitrogen and oxygen atoms in total. The van der Waals surface area contributed by atoms with Crippen LogP contribution in [0.2, 0.25) is 0 Å². The van der Waals surface area contributed by atoms with E-state index in [0.29, 0.717) is 42.1 Å². The van der Waals surface area contributed by atoms with Crippen molar-refractivity contribution in [3.63, 3.8) is 0 Å². The summed E-state index contributed by atoms with van der Waals surface area (Å²) in [7, 11) is 2.49. The van der Waals surface area contributed by atoms with Gasteiger partial charge in [-0.2, -0.15) is 0 Å². The molecule has 1 saturated heterocycles. The molecule has 0 unspecified atom stereocenters. The van der Waals surface area contributed by atoms with Crippen LogP contribution in [-0.2, 0) is 14.3 Å². The van der Waals surface area contributed by atoms with Gasteiger partial charge in [-0.15, -0.1) is 0 Å². The molecule has 2 aromatic rings. The van der Waals surface area contributed by atoms with Crippen LogP contribution in [0.4, 0.5) is 14.9 Å². The lowest BCUT2D eigenvalue weighted by Crippen LogP contribution is -2.46. The third kappa shape index (κ3) is 6.65. The van der Waals surface area contributed by atoms with Crippen molar-refractivity contribution in [3.8, 4) is 17.6 Å². The average Bonchev–Trinajstić information content (AvgIpc) is 3.26. The number of aliphatic hydroxyl groups excluding tert-OH is 1. The molecule has 0 aliphatic carbocycles. The van der Waals surface area contributed by atoms with Crippen molar-refractivity contribution in [2.45, 2.75) is 18.4 Å². The van der Waals surface area contributed by atoms with Crippen molar-refractivity contribution < 1.29 is 38.4 Å². The topological polar surface area (TPSA) is 118 Å². The summed E-state index contributed by atoms with van der Waals surface area (Å²) in [6.45, 7) is 0.644. The quantitative estimate of drug-likeness (QED) is 0.398. The van der Waals surface area contributed by atoms with Crippen molar-refractivity contribution in [2.75, 3.05) is 33.9 Å². The number of carbonyl (C=O) groups excluding carboxylic acids is 2. The Morgan fingerprint density at radius 1 is 1.12 bits per heavy atom. The third-order valence-electron chi connectivity index (χ3n) is 6.20. The summed E-state index contributed by atoms with van der Waals surface area (Å²) >= 11 is 0.994. The molecule has 0 spiro atoms. The Kier molecular flexibility index (Phi) is 9.14.